The molecule has 9 nitrogen and oxygen atoms in total. The Kier molecular flexibility index (Phi) is 9.45. The van der Waals surface area contributed by atoms with Crippen molar-refractivity contribution in [2.24, 2.45) is 10.2 Å². The van der Waals surface area contributed by atoms with Crippen LogP contribution in [-0.2, 0) is 16.1 Å². The summed E-state index contributed by atoms with van der Waals surface area (Å²) in [5.41, 5.74) is 1.21. The SMILES string of the molecule is O=C(COc1ccc(Cl)cc1/C=C1\S/C(=N/N=C\c2cc(Cl)ccc2O)N(Cc2ccco2)C1=O)Nc1ccc(F)cc1. The number of aromatic hydroxyl groups is 1. The van der Waals surface area contributed by atoms with Gasteiger partial charge < -0.3 is 19.6 Å². The van der Waals surface area contributed by atoms with Gasteiger partial charge in [0.1, 0.15) is 23.1 Å². The molecule has 1 aromatic heterocycles. The third-order valence-corrected chi connectivity index (χ3v) is 7.32. The van der Waals surface area contributed by atoms with E-state index in [1.165, 1.54) is 53.8 Å². The first-order valence-electron chi connectivity index (χ1n) is 12.6. The number of amides is 2. The van der Waals surface area contributed by atoms with Crippen LogP contribution in [0.3, 0.4) is 0 Å². The molecule has 1 saturated heterocycles. The number of furan rings is 1. The van der Waals surface area contributed by atoms with Gasteiger partial charge in [0, 0.05) is 26.9 Å². The van der Waals surface area contributed by atoms with Crippen LogP contribution in [0, 0.1) is 5.82 Å². The maximum absolute atomic E-state index is 13.5. The lowest BCUT2D eigenvalue weighted by Gasteiger charge is -2.13. The average molecular weight is 639 g/mol. The highest BCUT2D eigenvalue weighted by molar-refractivity contribution is 8.18. The molecule has 2 amide bonds. The molecule has 13 heteroatoms. The van der Waals surface area contributed by atoms with Gasteiger partial charge in [-0.25, -0.2) is 4.39 Å². The number of thioether (sulfide) groups is 1. The van der Waals surface area contributed by atoms with Crippen LogP contribution in [0.4, 0.5) is 10.1 Å². The molecule has 218 valence electrons. The molecular formula is C30H21Cl2FN4O5S. The Morgan fingerprint density at radius 2 is 1.81 bits per heavy atom. The van der Waals surface area contributed by atoms with Crippen LogP contribution in [0.5, 0.6) is 11.5 Å². The Balaban J connectivity index is 1.38. The van der Waals surface area contributed by atoms with Gasteiger partial charge in [0.15, 0.2) is 11.8 Å². The third-order valence-electron chi connectivity index (χ3n) is 5.86. The van der Waals surface area contributed by atoms with E-state index in [4.69, 9.17) is 32.4 Å². The minimum absolute atomic E-state index is 0.0311. The van der Waals surface area contributed by atoms with E-state index in [1.807, 2.05) is 0 Å². The quantitative estimate of drug-likeness (QED) is 0.116. The highest BCUT2D eigenvalue weighted by atomic mass is 35.5. The largest absolute Gasteiger partial charge is 0.507 e. The zero-order valence-electron chi connectivity index (χ0n) is 22.0. The monoisotopic (exact) mass is 638 g/mol. The molecule has 0 bridgehead atoms. The number of hydrogen-bond donors (Lipinski definition) is 2. The van der Waals surface area contributed by atoms with Crippen LogP contribution in [0.1, 0.15) is 16.9 Å². The zero-order chi connectivity index (χ0) is 30.3. The van der Waals surface area contributed by atoms with Crippen LogP contribution >= 0.6 is 35.0 Å². The molecule has 2 N–H and O–H groups in total. The minimum atomic E-state index is -0.464. The molecule has 1 aliphatic rings. The van der Waals surface area contributed by atoms with Crippen LogP contribution in [0.2, 0.25) is 10.0 Å². The highest BCUT2D eigenvalue weighted by Crippen LogP contribution is 2.36. The number of carbonyl (C=O) groups excluding carboxylic acids is 2. The van der Waals surface area contributed by atoms with E-state index in [1.54, 1.807) is 42.5 Å². The van der Waals surface area contributed by atoms with E-state index < -0.39 is 11.7 Å². The van der Waals surface area contributed by atoms with Crippen molar-refractivity contribution in [3.8, 4) is 11.5 Å². The molecule has 1 fully saturated rings. The van der Waals surface area contributed by atoms with Gasteiger partial charge in [-0.2, -0.15) is 5.10 Å². The Bertz CT molecular complexity index is 1740. The Morgan fingerprint density at radius 3 is 2.56 bits per heavy atom. The average Bonchev–Trinajstić information content (AvgIpc) is 3.60. The summed E-state index contributed by atoms with van der Waals surface area (Å²) in [6, 6.07) is 18.0. The van der Waals surface area contributed by atoms with E-state index in [0.717, 1.165) is 11.8 Å². The van der Waals surface area contributed by atoms with Crippen molar-refractivity contribution in [1.82, 2.24) is 4.90 Å². The number of phenols is 1. The fourth-order valence-corrected chi connectivity index (χ4v) is 5.11. The van der Waals surface area contributed by atoms with Gasteiger partial charge in [-0.05, 0) is 90.6 Å². The Morgan fingerprint density at radius 1 is 1.07 bits per heavy atom. The summed E-state index contributed by atoms with van der Waals surface area (Å²) in [6.45, 7) is -0.256. The molecule has 0 spiro atoms. The minimum Gasteiger partial charge on any atom is -0.507 e. The van der Waals surface area contributed by atoms with Gasteiger partial charge in [-0.15, -0.1) is 5.10 Å². The fraction of sp³-hybridized carbons (Fsp3) is 0.0667. The number of phenolic OH excluding ortho intramolecular Hbond substituents is 1. The van der Waals surface area contributed by atoms with E-state index in [2.05, 4.69) is 15.5 Å². The molecular weight excluding hydrogens is 618 g/mol. The molecule has 2 heterocycles. The number of benzene rings is 3. The predicted molar refractivity (Wildman–Crippen MR) is 165 cm³/mol. The second-order valence-corrected chi connectivity index (χ2v) is 10.8. The maximum atomic E-state index is 13.5. The summed E-state index contributed by atoms with van der Waals surface area (Å²) in [5, 5.41) is 22.0. The fourth-order valence-electron chi connectivity index (χ4n) is 3.83. The lowest BCUT2D eigenvalue weighted by Crippen LogP contribution is -2.28. The standard InChI is InChI=1S/C30H21Cl2FN4O5S/c31-20-3-9-25(38)19(13-20)15-34-36-30-37(16-24-2-1-11-41-24)29(40)27(43-30)14-18-12-21(32)4-10-26(18)42-17-28(39)35-23-7-5-22(33)6-8-23/h1-15,38H,16-17H2,(H,35,39)/b27-14-,34-15-,36-30+. The summed E-state index contributed by atoms with van der Waals surface area (Å²) in [4.78, 5) is 27.6. The summed E-state index contributed by atoms with van der Waals surface area (Å²) in [7, 11) is 0. The number of rotatable bonds is 9. The van der Waals surface area contributed by atoms with Crippen molar-refractivity contribution in [3.05, 3.63) is 117 Å². The maximum Gasteiger partial charge on any atom is 0.267 e. The molecule has 3 aromatic carbocycles. The van der Waals surface area contributed by atoms with Gasteiger partial charge in [-0.1, -0.05) is 23.2 Å². The molecule has 5 rings (SSSR count). The van der Waals surface area contributed by atoms with Crippen LogP contribution in [0.25, 0.3) is 6.08 Å². The van der Waals surface area contributed by atoms with Gasteiger partial charge in [0.25, 0.3) is 11.8 Å². The van der Waals surface area contributed by atoms with E-state index >= 15 is 0 Å². The van der Waals surface area contributed by atoms with E-state index in [0.29, 0.717) is 38.4 Å². The third kappa shape index (κ3) is 7.83. The number of hydrogen-bond acceptors (Lipinski definition) is 8. The highest BCUT2D eigenvalue weighted by Gasteiger charge is 2.34. The van der Waals surface area contributed by atoms with Gasteiger partial charge in [0.05, 0.1) is 23.9 Å². The summed E-state index contributed by atoms with van der Waals surface area (Å²) in [5.74, 6) is -0.461. The predicted octanol–water partition coefficient (Wildman–Crippen LogP) is 6.96. The molecule has 0 radical (unpaired) electrons. The van der Waals surface area contributed by atoms with Gasteiger partial charge >= 0.3 is 0 Å². The number of halogens is 3. The number of nitrogens with zero attached hydrogens (tertiary/aromatic N) is 3. The summed E-state index contributed by atoms with van der Waals surface area (Å²) < 4.78 is 24.3. The first kappa shape index (κ1) is 29.9. The normalized spacial score (nSPS) is 15.1. The smallest absolute Gasteiger partial charge is 0.267 e. The zero-order valence-corrected chi connectivity index (χ0v) is 24.4. The Hall–Kier alpha value is -4.58. The van der Waals surface area contributed by atoms with Gasteiger partial charge in [0.2, 0.25) is 0 Å². The van der Waals surface area contributed by atoms with Crippen LogP contribution in [0.15, 0.2) is 98.6 Å². The second-order valence-electron chi connectivity index (χ2n) is 8.94. The van der Waals surface area contributed by atoms with Crippen LogP contribution in [-0.4, -0.2) is 39.8 Å². The first-order chi connectivity index (χ1) is 20.7. The van der Waals surface area contributed by atoms with Crippen molar-refractivity contribution in [2.75, 3.05) is 11.9 Å². The van der Waals surface area contributed by atoms with Crippen molar-refractivity contribution in [1.29, 1.82) is 0 Å². The van der Waals surface area contributed by atoms with E-state index in [9.17, 15) is 19.1 Å². The molecule has 1 aliphatic heterocycles. The molecule has 0 unspecified atom stereocenters. The number of nitrogens with one attached hydrogen (secondary N) is 1. The summed E-state index contributed by atoms with van der Waals surface area (Å²) in [6.07, 6.45) is 4.40. The number of anilines is 1. The Labute approximate surface area is 259 Å². The lowest BCUT2D eigenvalue weighted by molar-refractivity contribution is -0.122. The molecule has 0 aliphatic carbocycles. The number of amidine groups is 1. The molecule has 0 saturated carbocycles. The number of carbonyl (C=O) groups is 2. The second kappa shape index (κ2) is 13.6. The molecule has 43 heavy (non-hydrogen) atoms. The topological polar surface area (TPSA) is 117 Å². The number of ether oxygens (including phenoxy) is 1. The summed E-state index contributed by atoms with van der Waals surface area (Å²) >= 11 is 13.3. The van der Waals surface area contributed by atoms with Crippen molar-refractivity contribution in [3.63, 3.8) is 0 Å². The van der Waals surface area contributed by atoms with Crippen molar-refractivity contribution < 1.29 is 28.2 Å². The van der Waals surface area contributed by atoms with Gasteiger partial charge in [-0.3, -0.25) is 14.5 Å². The van der Waals surface area contributed by atoms with Crippen LogP contribution < -0.4 is 10.1 Å². The first-order valence-corrected chi connectivity index (χ1v) is 14.1. The van der Waals surface area contributed by atoms with Crippen molar-refractivity contribution in [2.45, 2.75) is 6.54 Å². The molecule has 0 atom stereocenters. The van der Waals surface area contributed by atoms with Crippen molar-refractivity contribution >= 4 is 69.9 Å². The lowest BCUT2D eigenvalue weighted by atomic mass is 10.2. The molecule has 4 aromatic rings. The van der Waals surface area contributed by atoms with E-state index in [-0.39, 0.29) is 34.9 Å².